The van der Waals surface area contributed by atoms with Crippen LogP contribution in [0.2, 0.25) is 0 Å². The molecule has 1 saturated heterocycles. The Morgan fingerprint density at radius 3 is 2.40 bits per heavy atom. The molecule has 3 aromatic rings. The zero-order chi connectivity index (χ0) is 28.2. The Balaban J connectivity index is 1.37. The van der Waals surface area contributed by atoms with Gasteiger partial charge >= 0.3 is 0 Å². The zero-order valence-corrected chi connectivity index (χ0v) is 23.7. The lowest BCUT2D eigenvalue weighted by Gasteiger charge is -2.30. The van der Waals surface area contributed by atoms with Crippen LogP contribution in [0.25, 0.3) is 0 Å². The normalized spacial score (nSPS) is 15.2. The highest BCUT2D eigenvalue weighted by atomic mass is 16.5. The van der Waals surface area contributed by atoms with Crippen LogP contribution in [0.4, 0.5) is 0 Å². The minimum Gasteiger partial charge on any atom is -0.493 e. The van der Waals surface area contributed by atoms with E-state index < -0.39 is 6.04 Å². The number of hydrogen-bond acceptors (Lipinski definition) is 5. The summed E-state index contributed by atoms with van der Waals surface area (Å²) in [6.45, 7) is 7.12. The zero-order valence-electron chi connectivity index (χ0n) is 23.7. The molecule has 1 fully saturated rings. The summed E-state index contributed by atoms with van der Waals surface area (Å²) in [5.74, 6) is 1.16. The van der Waals surface area contributed by atoms with Crippen LogP contribution in [-0.4, -0.2) is 42.5 Å². The third kappa shape index (κ3) is 8.58. The number of carbonyl (C=O) groups excluding carboxylic acids is 2. The van der Waals surface area contributed by atoms with Gasteiger partial charge in [-0.1, -0.05) is 61.5 Å². The smallest absolute Gasteiger partial charge is 0.261 e. The molecule has 212 valence electrons. The van der Waals surface area contributed by atoms with E-state index in [2.05, 4.69) is 29.7 Å². The molecule has 40 heavy (non-hydrogen) atoms. The Hall–Kier alpha value is -3.84. The van der Waals surface area contributed by atoms with Crippen molar-refractivity contribution in [2.75, 3.05) is 19.8 Å². The fraction of sp³-hybridized carbons (Fsp3) is 0.394. The first-order chi connectivity index (χ1) is 19.5. The molecule has 4 rings (SSSR count). The Morgan fingerprint density at radius 2 is 1.68 bits per heavy atom. The Labute approximate surface area is 237 Å². The van der Waals surface area contributed by atoms with Gasteiger partial charge in [-0.25, -0.2) is 0 Å². The predicted molar refractivity (Wildman–Crippen MR) is 157 cm³/mol. The Morgan fingerprint density at radius 1 is 0.950 bits per heavy atom. The number of hydrogen-bond donors (Lipinski definition) is 2. The van der Waals surface area contributed by atoms with Crippen LogP contribution in [0.15, 0.2) is 72.8 Å². The molecule has 0 spiro atoms. The molecule has 0 aliphatic carbocycles. The van der Waals surface area contributed by atoms with E-state index in [-0.39, 0.29) is 18.4 Å². The number of nitrogens with one attached hydrogen (secondary N) is 2. The molecule has 2 N–H and O–H groups in total. The van der Waals surface area contributed by atoms with E-state index in [0.717, 1.165) is 54.8 Å². The van der Waals surface area contributed by atoms with Crippen molar-refractivity contribution in [1.29, 1.82) is 0 Å². The van der Waals surface area contributed by atoms with Crippen LogP contribution in [0.3, 0.4) is 0 Å². The molecule has 2 amide bonds. The van der Waals surface area contributed by atoms with Gasteiger partial charge < -0.3 is 25.0 Å². The van der Waals surface area contributed by atoms with Gasteiger partial charge in [0, 0.05) is 26.2 Å². The standard InChI is InChI=1S/C33H41N3O4/c1-3-19-39-31-17-14-28(20-25(31)2)23-36(30-11-7-8-18-35-33(30)38)32(37)24-40-29-15-12-27(13-16-29)22-34-21-26-9-5-4-6-10-26/h4-6,9-10,12-17,20,30,34H,3,7-8,11,18-19,21-24H2,1-2H3,(H,35,38). The molecule has 3 aromatic carbocycles. The topological polar surface area (TPSA) is 79.9 Å². The maximum absolute atomic E-state index is 13.5. The average Bonchev–Trinajstić information content (AvgIpc) is 3.19. The van der Waals surface area contributed by atoms with Gasteiger partial charge in [-0.3, -0.25) is 9.59 Å². The van der Waals surface area contributed by atoms with Crippen molar-refractivity contribution < 1.29 is 19.1 Å². The molecule has 1 unspecified atom stereocenters. The number of rotatable bonds is 13. The lowest BCUT2D eigenvalue weighted by atomic mass is 10.1. The van der Waals surface area contributed by atoms with Gasteiger partial charge in [0.15, 0.2) is 6.61 Å². The summed E-state index contributed by atoms with van der Waals surface area (Å²) < 4.78 is 11.7. The molecule has 1 heterocycles. The second-order valence-electron chi connectivity index (χ2n) is 10.3. The number of nitrogens with zero attached hydrogens (tertiary/aromatic N) is 1. The number of carbonyl (C=O) groups is 2. The fourth-order valence-electron chi connectivity index (χ4n) is 4.85. The number of ether oxygens (including phenoxy) is 2. The highest BCUT2D eigenvalue weighted by Gasteiger charge is 2.31. The summed E-state index contributed by atoms with van der Waals surface area (Å²) in [6, 6.07) is 23.5. The summed E-state index contributed by atoms with van der Waals surface area (Å²) in [7, 11) is 0. The summed E-state index contributed by atoms with van der Waals surface area (Å²) in [6.07, 6.45) is 3.37. The summed E-state index contributed by atoms with van der Waals surface area (Å²) in [5.41, 5.74) is 4.34. The van der Waals surface area contributed by atoms with Crippen molar-refractivity contribution in [2.45, 2.75) is 65.2 Å². The maximum atomic E-state index is 13.5. The lowest BCUT2D eigenvalue weighted by molar-refractivity contribution is -0.142. The highest BCUT2D eigenvalue weighted by Crippen LogP contribution is 2.23. The number of aryl methyl sites for hydroxylation is 1. The van der Waals surface area contributed by atoms with E-state index in [1.807, 2.05) is 67.6 Å². The first-order valence-corrected chi connectivity index (χ1v) is 14.3. The molecule has 1 atom stereocenters. The minimum absolute atomic E-state index is 0.0992. The van der Waals surface area contributed by atoms with Crippen molar-refractivity contribution in [1.82, 2.24) is 15.5 Å². The van der Waals surface area contributed by atoms with E-state index in [1.54, 1.807) is 4.90 Å². The van der Waals surface area contributed by atoms with Crippen molar-refractivity contribution in [3.63, 3.8) is 0 Å². The summed E-state index contributed by atoms with van der Waals surface area (Å²) >= 11 is 0. The number of benzene rings is 3. The molecule has 1 aliphatic rings. The molecular weight excluding hydrogens is 502 g/mol. The van der Waals surface area contributed by atoms with E-state index in [0.29, 0.717) is 31.9 Å². The van der Waals surface area contributed by atoms with Gasteiger partial charge in [-0.2, -0.15) is 0 Å². The molecule has 0 aromatic heterocycles. The van der Waals surface area contributed by atoms with Crippen LogP contribution >= 0.6 is 0 Å². The van der Waals surface area contributed by atoms with Crippen LogP contribution in [0.1, 0.15) is 54.9 Å². The van der Waals surface area contributed by atoms with E-state index in [9.17, 15) is 9.59 Å². The van der Waals surface area contributed by atoms with Crippen molar-refractivity contribution in [3.8, 4) is 11.5 Å². The van der Waals surface area contributed by atoms with Gasteiger partial charge in [0.2, 0.25) is 5.91 Å². The van der Waals surface area contributed by atoms with Crippen molar-refractivity contribution in [2.24, 2.45) is 0 Å². The van der Waals surface area contributed by atoms with Crippen LogP contribution in [-0.2, 0) is 29.2 Å². The second kappa shape index (κ2) is 15.1. The second-order valence-corrected chi connectivity index (χ2v) is 10.3. The van der Waals surface area contributed by atoms with Crippen LogP contribution in [0.5, 0.6) is 11.5 Å². The van der Waals surface area contributed by atoms with Crippen molar-refractivity contribution >= 4 is 11.8 Å². The largest absolute Gasteiger partial charge is 0.493 e. The third-order valence-electron chi connectivity index (χ3n) is 7.04. The number of amides is 2. The summed E-state index contributed by atoms with van der Waals surface area (Å²) in [4.78, 5) is 28.1. The molecule has 0 radical (unpaired) electrons. The lowest BCUT2D eigenvalue weighted by Crippen LogP contribution is -2.49. The molecular formula is C33H41N3O4. The van der Waals surface area contributed by atoms with Gasteiger partial charge in [0.25, 0.3) is 5.91 Å². The fourth-order valence-corrected chi connectivity index (χ4v) is 4.85. The minimum atomic E-state index is -0.520. The Bertz CT molecular complexity index is 1230. The Kier molecular flexibility index (Phi) is 11.0. The van der Waals surface area contributed by atoms with E-state index >= 15 is 0 Å². The van der Waals surface area contributed by atoms with Crippen molar-refractivity contribution in [3.05, 3.63) is 95.1 Å². The van der Waals surface area contributed by atoms with Gasteiger partial charge in [-0.05, 0) is 73.1 Å². The van der Waals surface area contributed by atoms with Gasteiger partial charge in [0.1, 0.15) is 17.5 Å². The highest BCUT2D eigenvalue weighted by molar-refractivity contribution is 5.88. The SMILES string of the molecule is CCCOc1ccc(CN(C(=O)COc2ccc(CNCc3ccccc3)cc2)C2CCCCNC2=O)cc1C. The third-order valence-corrected chi connectivity index (χ3v) is 7.04. The maximum Gasteiger partial charge on any atom is 0.261 e. The summed E-state index contributed by atoms with van der Waals surface area (Å²) in [5, 5.41) is 6.41. The van der Waals surface area contributed by atoms with Crippen LogP contribution < -0.4 is 20.1 Å². The molecule has 7 heteroatoms. The van der Waals surface area contributed by atoms with Gasteiger partial charge in [0.05, 0.1) is 6.61 Å². The molecule has 0 bridgehead atoms. The first-order valence-electron chi connectivity index (χ1n) is 14.3. The van der Waals surface area contributed by atoms with E-state index in [4.69, 9.17) is 9.47 Å². The molecule has 1 aliphatic heterocycles. The van der Waals surface area contributed by atoms with Crippen LogP contribution in [0, 0.1) is 6.92 Å². The average molecular weight is 544 g/mol. The molecule has 0 saturated carbocycles. The quantitative estimate of drug-likeness (QED) is 0.312. The van der Waals surface area contributed by atoms with Gasteiger partial charge in [-0.15, -0.1) is 0 Å². The molecule has 7 nitrogen and oxygen atoms in total. The monoisotopic (exact) mass is 543 g/mol. The van der Waals surface area contributed by atoms with E-state index in [1.165, 1.54) is 5.56 Å². The first kappa shape index (κ1) is 29.2. The predicted octanol–water partition coefficient (Wildman–Crippen LogP) is 5.15.